The van der Waals surface area contributed by atoms with Crippen LogP contribution < -0.4 is 9.47 Å². The van der Waals surface area contributed by atoms with Crippen LogP contribution >= 0.6 is 15.9 Å². The molecular formula is C17H15BrN4O2. The molecule has 0 atom stereocenters. The van der Waals surface area contributed by atoms with Gasteiger partial charge in [0.05, 0.1) is 6.54 Å². The van der Waals surface area contributed by atoms with Crippen molar-refractivity contribution in [3.05, 3.63) is 52.0 Å². The Labute approximate surface area is 147 Å². The highest BCUT2D eigenvalue weighted by Crippen LogP contribution is 2.37. The SMILES string of the molecule is CCc1ccc(-c2nnn(Cc3cc4c(cc3Br)OCO4)n2)cc1. The zero-order chi connectivity index (χ0) is 16.5. The van der Waals surface area contributed by atoms with Crippen molar-refractivity contribution in [1.82, 2.24) is 20.2 Å². The highest BCUT2D eigenvalue weighted by molar-refractivity contribution is 9.10. The average Bonchev–Trinajstić information content (AvgIpc) is 3.24. The second kappa shape index (κ2) is 6.24. The van der Waals surface area contributed by atoms with Crippen molar-refractivity contribution in [2.24, 2.45) is 0 Å². The Bertz CT molecular complexity index is 877. The number of aromatic nitrogens is 4. The number of aryl methyl sites for hydroxylation is 1. The molecule has 1 aliphatic heterocycles. The average molecular weight is 387 g/mol. The van der Waals surface area contributed by atoms with E-state index in [1.165, 1.54) is 5.56 Å². The minimum atomic E-state index is 0.255. The van der Waals surface area contributed by atoms with Gasteiger partial charge < -0.3 is 9.47 Å². The number of hydrogen-bond donors (Lipinski definition) is 0. The lowest BCUT2D eigenvalue weighted by atomic mass is 10.1. The smallest absolute Gasteiger partial charge is 0.231 e. The highest BCUT2D eigenvalue weighted by atomic mass is 79.9. The van der Waals surface area contributed by atoms with E-state index in [1.807, 2.05) is 24.3 Å². The molecule has 0 radical (unpaired) electrons. The van der Waals surface area contributed by atoms with Crippen LogP contribution in [0.15, 0.2) is 40.9 Å². The molecule has 6 nitrogen and oxygen atoms in total. The van der Waals surface area contributed by atoms with Crippen molar-refractivity contribution in [3.63, 3.8) is 0 Å². The van der Waals surface area contributed by atoms with Gasteiger partial charge in [-0.05, 0) is 34.9 Å². The molecule has 0 aliphatic carbocycles. The number of nitrogens with zero attached hydrogens (tertiary/aromatic N) is 4. The molecule has 2 heterocycles. The van der Waals surface area contributed by atoms with E-state index in [0.29, 0.717) is 12.4 Å². The summed E-state index contributed by atoms with van der Waals surface area (Å²) in [5.74, 6) is 2.10. The summed E-state index contributed by atoms with van der Waals surface area (Å²) in [6, 6.07) is 12.1. The fraction of sp³-hybridized carbons (Fsp3) is 0.235. The molecule has 0 spiro atoms. The third-order valence-corrected chi connectivity index (χ3v) is 4.66. The summed E-state index contributed by atoms with van der Waals surface area (Å²) in [7, 11) is 0. The van der Waals surface area contributed by atoms with E-state index in [-0.39, 0.29) is 6.79 Å². The van der Waals surface area contributed by atoms with Crippen molar-refractivity contribution < 1.29 is 9.47 Å². The molecule has 0 unspecified atom stereocenters. The molecule has 0 N–H and O–H groups in total. The van der Waals surface area contributed by atoms with Crippen molar-refractivity contribution >= 4 is 15.9 Å². The molecule has 0 saturated heterocycles. The first-order valence-electron chi connectivity index (χ1n) is 7.68. The van der Waals surface area contributed by atoms with Gasteiger partial charge in [-0.1, -0.05) is 47.1 Å². The Hall–Kier alpha value is -2.41. The number of rotatable bonds is 4. The minimum absolute atomic E-state index is 0.255. The second-order valence-electron chi connectivity index (χ2n) is 5.49. The number of halogens is 1. The minimum Gasteiger partial charge on any atom is -0.454 e. The first-order valence-corrected chi connectivity index (χ1v) is 8.47. The second-order valence-corrected chi connectivity index (χ2v) is 6.35. The maximum atomic E-state index is 5.42. The third kappa shape index (κ3) is 2.87. The molecule has 0 amide bonds. The molecule has 0 fully saturated rings. The van der Waals surface area contributed by atoms with Crippen LogP contribution in [0.5, 0.6) is 11.5 Å². The molecule has 2 aromatic carbocycles. The van der Waals surface area contributed by atoms with Crippen molar-refractivity contribution in [1.29, 1.82) is 0 Å². The van der Waals surface area contributed by atoms with E-state index >= 15 is 0 Å². The summed E-state index contributed by atoms with van der Waals surface area (Å²) in [5.41, 5.74) is 3.25. The molecule has 7 heteroatoms. The van der Waals surface area contributed by atoms with Gasteiger partial charge in [0.15, 0.2) is 11.5 Å². The molecule has 24 heavy (non-hydrogen) atoms. The van der Waals surface area contributed by atoms with Crippen molar-refractivity contribution in [2.45, 2.75) is 19.9 Å². The molecule has 0 saturated carbocycles. The first-order chi connectivity index (χ1) is 11.7. The van der Waals surface area contributed by atoms with E-state index < -0.39 is 0 Å². The van der Waals surface area contributed by atoms with Crippen LogP contribution in [0.1, 0.15) is 18.1 Å². The Balaban J connectivity index is 1.57. The molecule has 3 aromatic rings. The van der Waals surface area contributed by atoms with Crippen LogP contribution in [0.2, 0.25) is 0 Å². The number of fused-ring (bicyclic) bond motifs is 1. The standard InChI is InChI=1S/C17H15BrN4O2/c1-2-11-3-5-12(6-4-11)17-19-21-22(20-17)9-13-7-15-16(8-14(13)18)24-10-23-15/h3-8H,2,9-10H2,1H3. The third-order valence-electron chi connectivity index (χ3n) is 3.93. The predicted octanol–water partition coefficient (Wildman–Crippen LogP) is 3.44. The molecule has 4 rings (SSSR count). The lowest BCUT2D eigenvalue weighted by Crippen LogP contribution is -2.04. The van der Waals surface area contributed by atoms with Gasteiger partial charge in [-0.25, -0.2) is 0 Å². The summed E-state index contributed by atoms with van der Waals surface area (Å²) in [6.45, 7) is 2.88. The summed E-state index contributed by atoms with van der Waals surface area (Å²) >= 11 is 3.55. The maximum Gasteiger partial charge on any atom is 0.231 e. The van der Waals surface area contributed by atoms with Crippen LogP contribution in [0.4, 0.5) is 0 Å². The molecule has 122 valence electrons. The van der Waals surface area contributed by atoms with Gasteiger partial charge in [0.2, 0.25) is 12.6 Å². The summed E-state index contributed by atoms with van der Waals surface area (Å²) in [6.07, 6.45) is 1.01. The molecule has 1 aromatic heterocycles. The lowest BCUT2D eigenvalue weighted by Gasteiger charge is -2.05. The van der Waals surface area contributed by atoms with Crippen LogP contribution in [0.3, 0.4) is 0 Å². The maximum absolute atomic E-state index is 5.42. The molecule has 1 aliphatic rings. The van der Waals surface area contributed by atoms with Gasteiger partial charge in [0, 0.05) is 10.0 Å². The summed E-state index contributed by atoms with van der Waals surface area (Å²) in [4.78, 5) is 1.57. The number of hydrogen-bond acceptors (Lipinski definition) is 5. The fourth-order valence-corrected chi connectivity index (χ4v) is 3.00. The summed E-state index contributed by atoms with van der Waals surface area (Å²) in [5, 5.41) is 12.8. The van der Waals surface area contributed by atoms with E-state index in [4.69, 9.17) is 9.47 Å². The highest BCUT2D eigenvalue weighted by Gasteiger charge is 2.17. The van der Waals surface area contributed by atoms with Crippen LogP contribution in [-0.2, 0) is 13.0 Å². The topological polar surface area (TPSA) is 62.1 Å². The Morgan fingerprint density at radius 1 is 1.12 bits per heavy atom. The number of ether oxygens (including phenoxy) is 2. The van der Waals surface area contributed by atoms with Crippen LogP contribution in [0, 0.1) is 0 Å². The van der Waals surface area contributed by atoms with E-state index in [0.717, 1.165) is 33.5 Å². The fourth-order valence-electron chi connectivity index (χ4n) is 2.55. The van der Waals surface area contributed by atoms with Crippen molar-refractivity contribution in [3.8, 4) is 22.9 Å². The zero-order valence-electron chi connectivity index (χ0n) is 13.1. The van der Waals surface area contributed by atoms with Gasteiger partial charge in [0.1, 0.15) is 0 Å². The Kier molecular flexibility index (Phi) is 3.93. The Morgan fingerprint density at radius 2 is 1.88 bits per heavy atom. The van der Waals surface area contributed by atoms with Crippen LogP contribution in [-0.4, -0.2) is 27.0 Å². The normalized spacial score (nSPS) is 12.6. The van der Waals surface area contributed by atoms with E-state index in [2.05, 4.69) is 50.4 Å². The zero-order valence-corrected chi connectivity index (χ0v) is 14.7. The van der Waals surface area contributed by atoms with E-state index in [9.17, 15) is 0 Å². The molecule has 0 bridgehead atoms. The van der Waals surface area contributed by atoms with Crippen molar-refractivity contribution in [2.75, 3.05) is 6.79 Å². The van der Waals surface area contributed by atoms with Gasteiger partial charge >= 0.3 is 0 Å². The van der Waals surface area contributed by atoms with Gasteiger partial charge in [-0.2, -0.15) is 4.80 Å². The van der Waals surface area contributed by atoms with E-state index in [1.54, 1.807) is 4.80 Å². The van der Waals surface area contributed by atoms with Gasteiger partial charge in [-0.15, -0.1) is 10.2 Å². The number of benzene rings is 2. The lowest BCUT2D eigenvalue weighted by molar-refractivity contribution is 0.174. The first kappa shape index (κ1) is 15.1. The molecular weight excluding hydrogens is 372 g/mol. The largest absolute Gasteiger partial charge is 0.454 e. The quantitative estimate of drug-likeness (QED) is 0.687. The van der Waals surface area contributed by atoms with Gasteiger partial charge in [-0.3, -0.25) is 0 Å². The number of tetrazole rings is 1. The van der Waals surface area contributed by atoms with Crippen LogP contribution in [0.25, 0.3) is 11.4 Å². The monoisotopic (exact) mass is 386 g/mol. The Morgan fingerprint density at radius 3 is 2.62 bits per heavy atom. The predicted molar refractivity (Wildman–Crippen MR) is 92.0 cm³/mol. The summed E-state index contributed by atoms with van der Waals surface area (Å²) < 4.78 is 11.7. The van der Waals surface area contributed by atoms with Gasteiger partial charge in [0.25, 0.3) is 0 Å².